The number of piperidine rings is 1. The summed E-state index contributed by atoms with van der Waals surface area (Å²) in [5.74, 6) is 1.67. The van der Waals surface area contributed by atoms with Gasteiger partial charge in [0.2, 0.25) is 5.91 Å². The van der Waals surface area contributed by atoms with Gasteiger partial charge in [-0.1, -0.05) is 30.3 Å². The lowest BCUT2D eigenvalue weighted by Crippen LogP contribution is -2.39. The third kappa shape index (κ3) is 5.11. The average Bonchev–Trinajstić information content (AvgIpc) is 3.23. The summed E-state index contributed by atoms with van der Waals surface area (Å²) in [7, 11) is 0. The molecule has 1 saturated heterocycles. The molecule has 1 atom stereocenters. The third-order valence-electron chi connectivity index (χ3n) is 5.69. The molecule has 1 aromatic carbocycles. The van der Waals surface area contributed by atoms with E-state index in [0.29, 0.717) is 12.3 Å². The Morgan fingerprint density at radius 3 is 2.69 bits per heavy atom. The minimum Gasteiger partial charge on any atom is -0.342 e. The summed E-state index contributed by atoms with van der Waals surface area (Å²) in [5, 5.41) is 0. The Balaban J connectivity index is 1.34. The molecule has 5 nitrogen and oxygen atoms in total. The molecule has 3 heterocycles. The number of carbonyl (C=O) groups is 1. The van der Waals surface area contributed by atoms with Crippen LogP contribution in [0.15, 0.2) is 67.3 Å². The minimum absolute atomic E-state index is 0.276. The van der Waals surface area contributed by atoms with Crippen molar-refractivity contribution < 1.29 is 4.79 Å². The van der Waals surface area contributed by atoms with Crippen LogP contribution in [0.3, 0.4) is 0 Å². The molecular weight excluding hydrogens is 360 g/mol. The van der Waals surface area contributed by atoms with Gasteiger partial charge in [-0.05, 0) is 48.9 Å². The smallest absolute Gasteiger partial charge is 0.222 e. The van der Waals surface area contributed by atoms with Crippen LogP contribution >= 0.6 is 0 Å². The van der Waals surface area contributed by atoms with E-state index in [1.807, 2.05) is 47.9 Å². The van der Waals surface area contributed by atoms with Crippen molar-refractivity contribution in [3.63, 3.8) is 0 Å². The normalized spacial score (nSPS) is 16.7. The first-order chi connectivity index (χ1) is 14.3. The largest absolute Gasteiger partial charge is 0.342 e. The molecule has 1 aliphatic rings. The first kappa shape index (κ1) is 19.4. The molecule has 0 unspecified atom stereocenters. The zero-order chi connectivity index (χ0) is 19.9. The molecule has 2 aromatic heterocycles. The minimum atomic E-state index is 0.276. The summed E-state index contributed by atoms with van der Waals surface area (Å²) in [5.41, 5.74) is 2.51. The van der Waals surface area contributed by atoms with E-state index in [9.17, 15) is 4.79 Å². The first-order valence-corrected chi connectivity index (χ1v) is 10.5. The highest BCUT2D eigenvalue weighted by Crippen LogP contribution is 2.27. The number of aromatic nitrogens is 3. The van der Waals surface area contributed by atoms with E-state index in [2.05, 4.69) is 38.8 Å². The fourth-order valence-electron chi connectivity index (χ4n) is 4.16. The number of pyridine rings is 1. The Morgan fingerprint density at radius 1 is 1.03 bits per heavy atom. The maximum absolute atomic E-state index is 12.8. The predicted molar refractivity (Wildman–Crippen MR) is 114 cm³/mol. The van der Waals surface area contributed by atoms with Gasteiger partial charge in [-0.25, -0.2) is 4.98 Å². The van der Waals surface area contributed by atoms with Crippen molar-refractivity contribution in [3.05, 3.63) is 84.2 Å². The van der Waals surface area contributed by atoms with Gasteiger partial charge < -0.3 is 9.47 Å². The number of carbonyl (C=O) groups excluding carboxylic acids is 1. The van der Waals surface area contributed by atoms with E-state index in [1.54, 1.807) is 0 Å². The highest BCUT2D eigenvalue weighted by atomic mass is 16.2. The number of benzene rings is 1. The molecule has 1 fully saturated rings. The highest BCUT2D eigenvalue weighted by molar-refractivity contribution is 5.76. The number of hydrogen-bond donors (Lipinski definition) is 0. The summed E-state index contributed by atoms with van der Waals surface area (Å²) in [4.78, 5) is 23.5. The molecule has 4 rings (SSSR count). The van der Waals surface area contributed by atoms with E-state index in [4.69, 9.17) is 0 Å². The third-order valence-corrected chi connectivity index (χ3v) is 5.69. The number of nitrogens with zero attached hydrogens (tertiary/aromatic N) is 4. The van der Waals surface area contributed by atoms with E-state index in [0.717, 1.165) is 51.1 Å². The van der Waals surface area contributed by atoms with Crippen molar-refractivity contribution in [1.29, 1.82) is 0 Å². The molecular formula is C24H28N4O. The maximum Gasteiger partial charge on any atom is 0.222 e. The number of aryl methyl sites for hydroxylation is 1. The summed E-state index contributed by atoms with van der Waals surface area (Å²) in [6.45, 7) is 2.43. The topological polar surface area (TPSA) is 51.0 Å². The molecule has 0 radical (unpaired) electrons. The van der Waals surface area contributed by atoms with Crippen molar-refractivity contribution in [1.82, 2.24) is 19.4 Å². The van der Waals surface area contributed by atoms with E-state index >= 15 is 0 Å². The van der Waals surface area contributed by atoms with Gasteiger partial charge in [-0.3, -0.25) is 9.78 Å². The molecule has 0 saturated carbocycles. The van der Waals surface area contributed by atoms with Gasteiger partial charge in [0.05, 0.1) is 0 Å². The van der Waals surface area contributed by atoms with Crippen molar-refractivity contribution in [2.45, 2.75) is 44.6 Å². The molecule has 1 aliphatic heterocycles. The lowest BCUT2D eigenvalue weighted by molar-refractivity contribution is -0.132. The van der Waals surface area contributed by atoms with Crippen LogP contribution in [-0.2, 0) is 17.8 Å². The zero-order valence-corrected chi connectivity index (χ0v) is 16.8. The molecule has 0 bridgehead atoms. The fourth-order valence-corrected chi connectivity index (χ4v) is 4.16. The Bertz CT molecular complexity index is 907. The lowest BCUT2D eigenvalue weighted by atomic mass is 9.96. The van der Waals surface area contributed by atoms with E-state index in [-0.39, 0.29) is 5.91 Å². The standard InChI is InChI=1S/C24H28N4O/c29-23(10-4-8-20-6-2-1-3-7-20)27-16-5-9-22(19-27)24-26-15-17-28(24)18-21-11-13-25-14-12-21/h1-3,6-7,11-15,17,22H,4-5,8-10,16,18-19H2/t22-/m1/s1. The van der Waals surface area contributed by atoms with E-state index in [1.165, 1.54) is 11.1 Å². The summed E-state index contributed by atoms with van der Waals surface area (Å²) in [6, 6.07) is 14.5. The average molecular weight is 389 g/mol. The van der Waals surface area contributed by atoms with Crippen LogP contribution in [0.2, 0.25) is 0 Å². The van der Waals surface area contributed by atoms with Crippen LogP contribution in [0.25, 0.3) is 0 Å². The predicted octanol–water partition coefficient (Wildman–Crippen LogP) is 4.06. The highest BCUT2D eigenvalue weighted by Gasteiger charge is 2.27. The van der Waals surface area contributed by atoms with Crippen LogP contribution in [0.1, 0.15) is 48.6 Å². The van der Waals surface area contributed by atoms with Crippen LogP contribution < -0.4 is 0 Å². The van der Waals surface area contributed by atoms with Gasteiger partial charge in [0, 0.05) is 56.8 Å². The van der Waals surface area contributed by atoms with Crippen LogP contribution in [-0.4, -0.2) is 38.4 Å². The van der Waals surface area contributed by atoms with Crippen molar-refractivity contribution >= 4 is 5.91 Å². The molecule has 0 N–H and O–H groups in total. The quantitative estimate of drug-likeness (QED) is 0.613. The second kappa shape index (κ2) is 9.50. The molecule has 29 heavy (non-hydrogen) atoms. The molecule has 5 heteroatoms. The number of imidazole rings is 1. The number of rotatable bonds is 7. The molecule has 150 valence electrons. The summed E-state index contributed by atoms with van der Waals surface area (Å²) < 4.78 is 2.21. The van der Waals surface area contributed by atoms with Crippen LogP contribution in [0, 0.1) is 0 Å². The van der Waals surface area contributed by atoms with Gasteiger partial charge >= 0.3 is 0 Å². The Morgan fingerprint density at radius 2 is 1.86 bits per heavy atom. The van der Waals surface area contributed by atoms with Gasteiger partial charge in [-0.15, -0.1) is 0 Å². The van der Waals surface area contributed by atoms with Crippen molar-refractivity contribution in [3.8, 4) is 0 Å². The second-order valence-corrected chi connectivity index (χ2v) is 7.79. The number of likely N-dealkylation sites (tertiary alicyclic amines) is 1. The Labute approximate surface area is 172 Å². The monoisotopic (exact) mass is 388 g/mol. The van der Waals surface area contributed by atoms with Gasteiger partial charge in [0.15, 0.2) is 0 Å². The van der Waals surface area contributed by atoms with Crippen molar-refractivity contribution in [2.75, 3.05) is 13.1 Å². The molecule has 0 spiro atoms. The molecule has 3 aromatic rings. The maximum atomic E-state index is 12.8. The number of hydrogen-bond acceptors (Lipinski definition) is 3. The second-order valence-electron chi connectivity index (χ2n) is 7.79. The van der Waals surface area contributed by atoms with Crippen molar-refractivity contribution in [2.24, 2.45) is 0 Å². The van der Waals surface area contributed by atoms with Gasteiger partial charge in [-0.2, -0.15) is 0 Å². The lowest BCUT2D eigenvalue weighted by Gasteiger charge is -2.33. The summed E-state index contributed by atoms with van der Waals surface area (Å²) in [6.07, 6.45) is 12.2. The molecule has 0 aliphatic carbocycles. The zero-order valence-electron chi connectivity index (χ0n) is 16.8. The number of amides is 1. The Kier molecular flexibility index (Phi) is 6.35. The SMILES string of the molecule is O=C(CCCc1ccccc1)N1CCC[C@@H](c2nccn2Cc2ccncc2)C1. The Hall–Kier alpha value is -2.95. The van der Waals surface area contributed by atoms with E-state index < -0.39 is 0 Å². The van der Waals surface area contributed by atoms with Crippen LogP contribution in [0.4, 0.5) is 0 Å². The fraction of sp³-hybridized carbons (Fsp3) is 0.375. The van der Waals surface area contributed by atoms with Gasteiger partial charge in [0.25, 0.3) is 0 Å². The summed E-state index contributed by atoms with van der Waals surface area (Å²) >= 11 is 0. The first-order valence-electron chi connectivity index (χ1n) is 10.5. The molecule has 1 amide bonds. The van der Waals surface area contributed by atoms with Gasteiger partial charge in [0.1, 0.15) is 5.82 Å². The van der Waals surface area contributed by atoms with Crippen LogP contribution in [0.5, 0.6) is 0 Å².